The Morgan fingerprint density at radius 1 is 0.261 bits per heavy atom. The number of carbonyl (C=O) groups excluding carboxylic acids is 3. The number of hydrogen-bond acceptors (Lipinski definition) is 6. The highest BCUT2D eigenvalue weighted by Gasteiger charge is 2.19. The lowest BCUT2D eigenvalue weighted by Crippen LogP contribution is -2.14. The summed E-state index contributed by atoms with van der Waals surface area (Å²) >= 11 is 0. The van der Waals surface area contributed by atoms with Gasteiger partial charge in [-0.15, -0.1) is 0 Å². The van der Waals surface area contributed by atoms with Crippen LogP contribution in [-0.4, -0.2) is 37.7 Å². The van der Waals surface area contributed by atoms with Gasteiger partial charge in [0.05, 0.1) is 36.5 Å². The first-order valence-corrected chi connectivity index (χ1v) is 30.3. The Labute approximate surface area is 428 Å². The van der Waals surface area contributed by atoms with Crippen LogP contribution in [0.4, 0.5) is 0 Å². The molecule has 0 fully saturated rings. The van der Waals surface area contributed by atoms with E-state index in [-0.39, 0.29) is 16.7 Å². The number of hydrogen-bond donors (Lipinski definition) is 0. The van der Waals surface area contributed by atoms with E-state index in [2.05, 4.69) is 41.5 Å². The van der Waals surface area contributed by atoms with Gasteiger partial charge in [-0.3, -0.25) is 0 Å². The van der Waals surface area contributed by atoms with Gasteiger partial charge in [-0.05, 0) is 55.2 Å². The second kappa shape index (κ2) is 47.9. The van der Waals surface area contributed by atoms with Gasteiger partial charge in [0, 0.05) is 0 Å². The predicted octanol–water partition coefficient (Wildman–Crippen LogP) is 20.5. The smallest absolute Gasteiger partial charge is 0.338 e. The SMILES string of the molecule is CC(C)CCCCCCCCCCCCCCCOC(=O)c1cc(C(=O)OCCCCCCCCCCCCCCCC(C)C)cc(C(=O)OCCCCCCCCCCCCCCCC(C)C)c1. The second-order valence-electron chi connectivity index (χ2n) is 22.5. The molecule has 0 spiro atoms. The molecule has 0 radical (unpaired) electrons. The molecule has 0 amide bonds. The quantitative estimate of drug-likeness (QED) is 0.0368. The Balaban J connectivity index is 2.44. The van der Waals surface area contributed by atoms with Crippen molar-refractivity contribution in [1.82, 2.24) is 0 Å². The van der Waals surface area contributed by atoms with E-state index in [1.807, 2.05) is 0 Å². The zero-order chi connectivity index (χ0) is 50.3. The molecule has 1 rings (SSSR count). The third-order valence-electron chi connectivity index (χ3n) is 14.1. The molecule has 6 nitrogen and oxygen atoms in total. The van der Waals surface area contributed by atoms with Crippen molar-refractivity contribution in [2.75, 3.05) is 19.8 Å². The number of benzene rings is 1. The van der Waals surface area contributed by atoms with Gasteiger partial charge in [-0.1, -0.05) is 292 Å². The van der Waals surface area contributed by atoms with E-state index in [4.69, 9.17) is 14.2 Å². The van der Waals surface area contributed by atoms with E-state index in [0.717, 1.165) is 75.5 Å². The number of esters is 3. The summed E-state index contributed by atoms with van der Waals surface area (Å²) in [6, 6.07) is 4.53. The predicted molar refractivity (Wildman–Crippen MR) is 296 cm³/mol. The fourth-order valence-electron chi connectivity index (χ4n) is 9.52. The number of carbonyl (C=O) groups is 3. The highest BCUT2D eigenvalue weighted by Crippen LogP contribution is 2.20. The normalized spacial score (nSPS) is 11.6. The van der Waals surface area contributed by atoms with Crippen molar-refractivity contribution in [3.8, 4) is 0 Å². The third-order valence-corrected chi connectivity index (χ3v) is 14.1. The molecule has 6 heteroatoms. The fourth-order valence-corrected chi connectivity index (χ4v) is 9.52. The van der Waals surface area contributed by atoms with E-state index in [9.17, 15) is 14.4 Å². The maximum absolute atomic E-state index is 13.3. The van der Waals surface area contributed by atoms with Crippen LogP contribution in [0.25, 0.3) is 0 Å². The zero-order valence-corrected chi connectivity index (χ0v) is 46.7. The van der Waals surface area contributed by atoms with Crippen LogP contribution in [-0.2, 0) is 14.2 Å². The zero-order valence-electron chi connectivity index (χ0n) is 46.7. The van der Waals surface area contributed by atoms with E-state index < -0.39 is 17.9 Å². The molecular weight excluding hydrogens is 853 g/mol. The van der Waals surface area contributed by atoms with E-state index >= 15 is 0 Å². The summed E-state index contributed by atoms with van der Waals surface area (Å²) in [4.78, 5) is 39.8. The van der Waals surface area contributed by atoms with Gasteiger partial charge < -0.3 is 14.2 Å². The van der Waals surface area contributed by atoms with Crippen molar-refractivity contribution in [2.24, 2.45) is 17.8 Å². The molecule has 0 bridgehead atoms. The largest absolute Gasteiger partial charge is 0.462 e. The molecule has 0 heterocycles. The van der Waals surface area contributed by atoms with Gasteiger partial charge in [0.2, 0.25) is 0 Å². The highest BCUT2D eigenvalue weighted by molar-refractivity contribution is 6.00. The Hall–Kier alpha value is -2.37. The Morgan fingerprint density at radius 2 is 0.406 bits per heavy atom. The van der Waals surface area contributed by atoms with Crippen LogP contribution in [0.15, 0.2) is 18.2 Å². The van der Waals surface area contributed by atoms with Crippen LogP contribution in [0, 0.1) is 17.8 Å². The molecule has 0 aliphatic carbocycles. The Morgan fingerprint density at radius 3 is 0.565 bits per heavy atom. The first-order valence-electron chi connectivity index (χ1n) is 30.3. The van der Waals surface area contributed by atoms with Crippen LogP contribution < -0.4 is 0 Å². The molecule has 0 aromatic heterocycles. The molecule has 0 unspecified atom stereocenters. The van der Waals surface area contributed by atoms with Crippen LogP contribution in [0.2, 0.25) is 0 Å². The summed E-state index contributed by atoms with van der Waals surface area (Å²) in [6.07, 6.45) is 53.3. The first-order chi connectivity index (χ1) is 33.6. The van der Waals surface area contributed by atoms with Crippen LogP contribution >= 0.6 is 0 Å². The molecule has 0 N–H and O–H groups in total. The van der Waals surface area contributed by atoms with Crippen LogP contribution in [0.1, 0.15) is 342 Å². The highest BCUT2D eigenvalue weighted by atomic mass is 16.5. The fraction of sp³-hybridized carbons (Fsp3) is 0.857. The average Bonchev–Trinajstić information content (AvgIpc) is 3.32. The Bertz CT molecular complexity index is 1150. The molecule has 69 heavy (non-hydrogen) atoms. The monoisotopic (exact) mass is 967 g/mol. The molecule has 1 aromatic rings. The van der Waals surface area contributed by atoms with Crippen molar-refractivity contribution >= 4 is 17.9 Å². The van der Waals surface area contributed by atoms with Gasteiger partial charge in [0.15, 0.2) is 0 Å². The minimum Gasteiger partial charge on any atom is -0.462 e. The molecule has 0 saturated carbocycles. The first kappa shape index (κ1) is 64.6. The van der Waals surface area contributed by atoms with Gasteiger partial charge >= 0.3 is 17.9 Å². The van der Waals surface area contributed by atoms with Crippen molar-refractivity contribution in [3.05, 3.63) is 34.9 Å². The number of unbranched alkanes of at least 4 members (excludes halogenated alkanes) is 36. The number of ether oxygens (including phenoxy) is 3. The number of rotatable bonds is 51. The van der Waals surface area contributed by atoms with Crippen molar-refractivity contribution < 1.29 is 28.6 Å². The second-order valence-corrected chi connectivity index (χ2v) is 22.5. The van der Waals surface area contributed by atoms with Crippen LogP contribution in [0.3, 0.4) is 0 Å². The molecule has 1 aromatic carbocycles. The summed E-state index contributed by atoms with van der Waals surface area (Å²) in [7, 11) is 0. The molecule has 0 saturated heterocycles. The summed E-state index contributed by atoms with van der Waals surface area (Å²) in [5, 5.41) is 0. The van der Waals surface area contributed by atoms with E-state index in [1.165, 1.54) is 230 Å². The van der Waals surface area contributed by atoms with Crippen molar-refractivity contribution in [3.63, 3.8) is 0 Å². The minimum absolute atomic E-state index is 0.190. The summed E-state index contributed by atoms with van der Waals surface area (Å²) < 4.78 is 17.0. The lowest BCUT2D eigenvalue weighted by molar-refractivity contribution is 0.0494. The van der Waals surface area contributed by atoms with Gasteiger partial charge in [-0.25, -0.2) is 14.4 Å². The van der Waals surface area contributed by atoms with Gasteiger partial charge in [0.25, 0.3) is 0 Å². The molecular formula is C63H114O6. The standard InChI is InChI=1S/C63H114O6/c1-55(2)46-40-34-28-22-16-10-7-13-19-25-31-37-43-49-67-61(64)58-52-59(62(65)68-50-44-38-32-26-20-14-8-11-17-23-29-35-41-47-56(3)4)54-60(53-58)63(66)69-51-45-39-33-27-21-15-9-12-18-24-30-36-42-48-57(5)6/h52-57H,7-51H2,1-6H3. The molecule has 0 aliphatic rings. The summed E-state index contributed by atoms with van der Waals surface area (Å²) in [6.45, 7) is 14.9. The average molecular weight is 968 g/mol. The van der Waals surface area contributed by atoms with E-state index in [0.29, 0.717) is 19.8 Å². The van der Waals surface area contributed by atoms with Crippen molar-refractivity contribution in [2.45, 2.75) is 311 Å². The van der Waals surface area contributed by atoms with Gasteiger partial charge in [-0.2, -0.15) is 0 Å². The third kappa shape index (κ3) is 43.0. The lowest BCUT2D eigenvalue weighted by Gasteiger charge is -2.11. The maximum atomic E-state index is 13.3. The van der Waals surface area contributed by atoms with Gasteiger partial charge in [0.1, 0.15) is 0 Å². The van der Waals surface area contributed by atoms with Crippen molar-refractivity contribution in [1.29, 1.82) is 0 Å². The molecule has 402 valence electrons. The maximum Gasteiger partial charge on any atom is 0.338 e. The topological polar surface area (TPSA) is 78.9 Å². The molecule has 0 atom stereocenters. The van der Waals surface area contributed by atoms with E-state index in [1.54, 1.807) is 0 Å². The van der Waals surface area contributed by atoms with Crippen LogP contribution in [0.5, 0.6) is 0 Å². The minimum atomic E-state index is -0.521. The lowest BCUT2D eigenvalue weighted by atomic mass is 10.0. The Kier molecular flexibility index (Phi) is 44.9. The molecule has 0 aliphatic heterocycles. The summed E-state index contributed by atoms with van der Waals surface area (Å²) in [5.74, 6) is 0.938. The summed E-state index contributed by atoms with van der Waals surface area (Å²) in [5.41, 5.74) is 0.570.